The monoisotopic (exact) mass is 287 g/mol. The summed E-state index contributed by atoms with van der Waals surface area (Å²) in [5, 5.41) is 0. The molecule has 1 heterocycles. The summed E-state index contributed by atoms with van der Waals surface area (Å²) in [6.45, 7) is 6.30. The number of hydrogen-bond donors (Lipinski definition) is 1. The van der Waals surface area contributed by atoms with Crippen molar-refractivity contribution < 1.29 is 4.43 Å². The second-order valence-electron chi connectivity index (χ2n) is 5.09. The highest BCUT2D eigenvalue weighted by Gasteiger charge is 2.09. The zero-order valence-electron chi connectivity index (χ0n) is 12.4. The molecule has 0 aliphatic carbocycles. The van der Waals surface area contributed by atoms with Crippen molar-refractivity contribution in [2.45, 2.75) is 20.0 Å². The van der Waals surface area contributed by atoms with Crippen LogP contribution in [-0.4, -0.2) is 18.6 Å². The number of nitrogens with zero attached hydrogens (tertiary/aromatic N) is 2. The first kappa shape index (κ1) is 14.4. The molecule has 0 spiro atoms. The smallest absolute Gasteiger partial charge is 0.229 e. The van der Waals surface area contributed by atoms with Crippen molar-refractivity contribution in [2.75, 3.05) is 0 Å². The summed E-state index contributed by atoms with van der Waals surface area (Å²) in [5.41, 5.74) is 9.81. The number of para-hydroxylation sites is 1. The van der Waals surface area contributed by atoms with Gasteiger partial charge in [0, 0.05) is 24.0 Å². The second-order valence-corrected chi connectivity index (χ2v) is 7.42. The number of aromatic nitrogens is 2. The quantitative estimate of drug-likeness (QED) is 0.879. The molecule has 0 unspecified atom stereocenters. The van der Waals surface area contributed by atoms with Crippen LogP contribution in [0.15, 0.2) is 30.6 Å². The number of aryl methyl sites for hydroxylation is 1. The lowest BCUT2D eigenvalue weighted by molar-refractivity contribution is 0.578. The van der Waals surface area contributed by atoms with Gasteiger partial charge in [-0.3, -0.25) is 0 Å². The molecular formula is C15H21N3OSi. The Balaban J connectivity index is 2.38. The van der Waals surface area contributed by atoms with Crippen LogP contribution in [0.2, 0.25) is 13.1 Å². The fourth-order valence-electron chi connectivity index (χ4n) is 1.94. The van der Waals surface area contributed by atoms with Crippen LogP contribution in [-0.2, 0) is 7.05 Å². The van der Waals surface area contributed by atoms with Crippen LogP contribution in [0.25, 0.3) is 11.8 Å². The second kappa shape index (κ2) is 5.96. The molecule has 20 heavy (non-hydrogen) atoms. The molecule has 0 amide bonds. The minimum absolute atomic E-state index is 0.678. The van der Waals surface area contributed by atoms with Gasteiger partial charge in [-0.15, -0.1) is 0 Å². The maximum atomic E-state index is 6.23. The number of imidazole rings is 1. The highest BCUT2D eigenvalue weighted by molar-refractivity contribution is 6.49. The van der Waals surface area contributed by atoms with Crippen LogP contribution in [0.4, 0.5) is 0 Å². The number of hydrogen-bond acceptors (Lipinski definition) is 3. The van der Waals surface area contributed by atoms with Crippen molar-refractivity contribution in [3.05, 3.63) is 47.5 Å². The summed E-state index contributed by atoms with van der Waals surface area (Å²) < 4.78 is 7.91. The predicted molar refractivity (Wildman–Crippen MR) is 86.0 cm³/mol. The van der Waals surface area contributed by atoms with E-state index in [1.807, 2.05) is 48.9 Å². The normalized spacial score (nSPS) is 11.9. The highest BCUT2D eigenvalue weighted by atomic mass is 28.3. The Morgan fingerprint density at radius 2 is 2.05 bits per heavy atom. The van der Waals surface area contributed by atoms with Crippen molar-refractivity contribution in [3.8, 4) is 5.75 Å². The predicted octanol–water partition coefficient (Wildman–Crippen LogP) is 2.55. The Bertz CT molecular complexity index is 632. The fourth-order valence-corrected chi connectivity index (χ4v) is 2.65. The van der Waals surface area contributed by atoms with Crippen molar-refractivity contribution in [3.63, 3.8) is 0 Å². The average Bonchev–Trinajstić information content (AvgIpc) is 2.70. The standard InChI is InChI=1S/C15H21N3OSi/c1-11-14(17-10-18(11)2)9-13(16)12-7-5-6-8-15(12)19-20(3)4/h5-10,20H,16H2,1-4H3/b13-9-. The van der Waals surface area contributed by atoms with Crippen LogP contribution >= 0.6 is 0 Å². The first-order valence-corrected chi connectivity index (χ1v) is 9.48. The molecule has 2 N–H and O–H groups in total. The van der Waals surface area contributed by atoms with Gasteiger partial charge in [-0.2, -0.15) is 0 Å². The van der Waals surface area contributed by atoms with Gasteiger partial charge in [0.15, 0.2) is 0 Å². The minimum Gasteiger partial charge on any atom is -0.547 e. The molecule has 1 aromatic heterocycles. The zero-order valence-corrected chi connectivity index (χ0v) is 13.6. The summed E-state index contributed by atoms with van der Waals surface area (Å²) in [6.07, 6.45) is 3.69. The van der Waals surface area contributed by atoms with E-state index in [0.717, 1.165) is 22.7 Å². The number of benzene rings is 1. The van der Waals surface area contributed by atoms with E-state index in [1.54, 1.807) is 6.33 Å². The molecule has 0 saturated heterocycles. The van der Waals surface area contributed by atoms with Crippen LogP contribution in [0, 0.1) is 6.92 Å². The van der Waals surface area contributed by atoms with E-state index in [-0.39, 0.29) is 0 Å². The Hall–Kier alpha value is -2.01. The van der Waals surface area contributed by atoms with Gasteiger partial charge >= 0.3 is 0 Å². The molecule has 0 bridgehead atoms. The SMILES string of the molecule is Cc1c(/C=C(\N)c2ccccc2O[SiH](C)C)ncn1C. The average molecular weight is 287 g/mol. The Morgan fingerprint density at radius 3 is 2.65 bits per heavy atom. The van der Waals surface area contributed by atoms with Crippen LogP contribution in [0.3, 0.4) is 0 Å². The molecule has 1 aromatic carbocycles. The van der Waals surface area contributed by atoms with E-state index in [4.69, 9.17) is 10.2 Å². The summed E-state index contributed by atoms with van der Waals surface area (Å²) in [5.74, 6) is 0.858. The topological polar surface area (TPSA) is 53.1 Å². The highest BCUT2D eigenvalue weighted by Crippen LogP contribution is 2.25. The molecular weight excluding hydrogens is 266 g/mol. The van der Waals surface area contributed by atoms with Gasteiger partial charge in [-0.25, -0.2) is 4.98 Å². The third-order valence-electron chi connectivity index (χ3n) is 3.12. The Morgan fingerprint density at radius 1 is 1.35 bits per heavy atom. The lowest BCUT2D eigenvalue weighted by Gasteiger charge is -2.14. The maximum Gasteiger partial charge on any atom is 0.229 e. The van der Waals surface area contributed by atoms with Crippen molar-refractivity contribution >= 4 is 20.8 Å². The van der Waals surface area contributed by atoms with E-state index in [0.29, 0.717) is 5.70 Å². The van der Waals surface area contributed by atoms with Gasteiger partial charge < -0.3 is 14.7 Å². The lowest BCUT2D eigenvalue weighted by atomic mass is 10.1. The van der Waals surface area contributed by atoms with Crippen molar-refractivity contribution in [2.24, 2.45) is 12.8 Å². The first-order chi connectivity index (χ1) is 9.49. The molecule has 2 aromatic rings. The van der Waals surface area contributed by atoms with Crippen LogP contribution in [0.1, 0.15) is 17.0 Å². The summed E-state index contributed by atoms with van der Waals surface area (Å²) in [7, 11) is 0.810. The fraction of sp³-hybridized carbons (Fsp3) is 0.267. The summed E-state index contributed by atoms with van der Waals surface area (Å²) >= 11 is 0. The van der Waals surface area contributed by atoms with E-state index in [9.17, 15) is 0 Å². The van der Waals surface area contributed by atoms with Gasteiger partial charge in [0.1, 0.15) is 5.75 Å². The van der Waals surface area contributed by atoms with Gasteiger partial charge in [0.2, 0.25) is 9.04 Å². The molecule has 0 saturated carbocycles. The van der Waals surface area contributed by atoms with Crippen molar-refractivity contribution in [1.29, 1.82) is 0 Å². The molecule has 106 valence electrons. The zero-order chi connectivity index (χ0) is 14.7. The minimum atomic E-state index is -1.16. The van der Waals surface area contributed by atoms with Gasteiger partial charge in [-0.1, -0.05) is 12.1 Å². The van der Waals surface area contributed by atoms with Gasteiger partial charge in [0.25, 0.3) is 0 Å². The molecule has 4 nitrogen and oxygen atoms in total. The molecule has 0 atom stereocenters. The number of nitrogens with two attached hydrogens (primary N) is 1. The van der Waals surface area contributed by atoms with E-state index >= 15 is 0 Å². The molecule has 0 aliphatic heterocycles. The third-order valence-corrected chi connectivity index (χ3v) is 3.85. The maximum absolute atomic E-state index is 6.23. The van der Waals surface area contributed by atoms with Gasteiger partial charge in [0.05, 0.1) is 12.0 Å². The van der Waals surface area contributed by atoms with Crippen molar-refractivity contribution in [1.82, 2.24) is 9.55 Å². The van der Waals surface area contributed by atoms with E-state index < -0.39 is 9.04 Å². The summed E-state index contributed by atoms with van der Waals surface area (Å²) in [4.78, 5) is 4.35. The molecule has 0 fully saturated rings. The van der Waals surface area contributed by atoms with Gasteiger partial charge in [-0.05, 0) is 38.2 Å². The van der Waals surface area contributed by atoms with Crippen LogP contribution < -0.4 is 10.2 Å². The first-order valence-electron chi connectivity index (χ1n) is 6.70. The lowest BCUT2D eigenvalue weighted by Crippen LogP contribution is -2.13. The third kappa shape index (κ3) is 3.11. The molecule has 2 rings (SSSR count). The Labute approximate surface area is 121 Å². The molecule has 0 aliphatic rings. The molecule has 0 radical (unpaired) electrons. The molecule has 5 heteroatoms. The van der Waals surface area contributed by atoms with E-state index in [2.05, 4.69) is 18.1 Å². The Kier molecular flexibility index (Phi) is 4.29. The number of rotatable bonds is 4. The summed E-state index contributed by atoms with van der Waals surface area (Å²) in [6, 6.07) is 7.88. The largest absolute Gasteiger partial charge is 0.547 e. The van der Waals surface area contributed by atoms with Crippen LogP contribution in [0.5, 0.6) is 5.75 Å². The van der Waals surface area contributed by atoms with E-state index in [1.165, 1.54) is 0 Å².